The van der Waals surface area contributed by atoms with Gasteiger partial charge in [0, 0.05) is 24.2 Å². The Bertz CT molecular complexity index is 526. The zero-order valence-electron chi connectivity index (χ0n) is 12.1. The third-order valence-corrected chi connectivity index (χ3v) is 2.77. The second-order valence-electron chi connectivity index (χ2n) is 5.26. The summed E-state index contributed by atoms with van der Waals surface area (Å²) >= 11 is 0. The van der Waals surface area contributed by atoms with Crippen LogP contribution in [-0.4, -0.2) is 41.1 Å². The highest BCUT2D eigenvalue weighted by atomic mass is 16.6. The standard InChI is InChI=1S/C14H19N3O4/c1-10(2)7-16(9-14(15)19)8-13(18)11-3-5-12(6-4-11)17(20)21/h3-6,10H,7-9H2,1-2H3,(H2,15,19). The van der Waals surface area contributed by atoms with Gasteiger partial charge >= 0.3 is 0 Å². The number of primary amides is 1. The summed E-state index contributed by atoms with van der Waals surface area (Å²) in [5.74, 6) is -0.409. The first kappa shape index (κ1) is 16.8. The van der Waals surface area contributed by atoms with Gasteiger partial charge in [-0.15, -0.1) is 0 Å². The molecule has 0 aliphatic carbocycles. The quantitative estimate of drug-likeness (QED) is 0.440. The van der Waals surface area contributed by atoms with Crippen molar-refractivity contribution in [3.05, 3.63) is 39.9 Å². The summed E-state index contributed by atoms with van der Waals surface area (Å²) in [6.45, 7) is 4.59. The number of nitro groups is 1. The van der Waals surface area contributed by atoms with Crippen LogP contribution in [0.1, 0.15) is 24.2 Å². The molecule has 0 radical (unpaired) electrons. The van der Waals surface area contributed by atoms with Crippen molar-refractivity contribution in [2.24, 2.45) is 11.7 Å². The molecule has 1 aromatic carbocycles. The molecule has 7 heteroatoms. The van der Waals surface area contributed by atoms with Gasteiger partial charge in [0.25, 0.3) is 5.69 Å². The topological polar surface area (TPSA) is 107 Å². The maximum absolute atomic E-state index is 12.1. The van der Waals surface area contributed by atoms with E-state index in [1.165, 1.54) is 24.3 Å². The van der Waals surface area contributed by atoms with Gasteiger partial charge in [0.2, 0.25) is 5.91 Å². The molecule has 0 saturated heterocycles. The molecule has 0 fully saturated rings. The van der Waals surface area contributed by atoms with Crippen LogP contribution < -0.4 is 5.73 Å². The number of nitrogens with zero attached hydrogens (tertiary/aromatic N) is 2. The minimum atomic E-state index is -0.521. The molecule has 0 aliphatic heterocycles. The predicted octanol–water partition coefficient (Wildman–Crippen LogP) is 1.22. The highest BCUT2D eigenvalue weighted by Crippen LogP contribution is 2.13. The van der Waals surface area contributed by atoms with E-state index in [9.17, 15) is 19.7 Å². The van der Waals surface area contributed by atoms with Crippen molar-refractivity contribution < 1.29 is 14.5 Å². The van der Waals surface area contributed by atoms with Crippen LogP contribution in [0.25, 0.3) is 0 Å². The van der Waals surface area contributed by atoms with Crippen LogP contribution in [-0.2, 0) is 4.79 Å². The highest BCUT2D eigenvalue weighted by molar-refractivity contribution is 5.98. The smallest absolute Gasteiger partial charge is 0.269 e. The van der Waals surface area contributed by atoms with Gasteiger partial charge in [-0.1, -0.05) is 13.8 Å². The number of Topliss-reactive ketones (excluding diaryl/α,β-unsaturated/α-hetero) is 1. The third-order valence-electron chi connectivity index (χ3n) is 2.77. The van der Waals surface area contributed by atoms with E-state index < -0.39 is 10.8 Å². The number of hydrogen-bond donors (Lipinski definition) is 1. The van der Waals surface area contributed by atoms with E-state index in [1.807, 2.05) is 13.8 Å². The molecule has 1 aromatic rings. The third kappa shape index (κ3) is 5.70. The molecule has 21 heavy (non-hydrogen) atoms. The lowest BCUT2D eigenvalue weighted by Gasteiger charge is -2.21. The molecule has 0 aromatic heterocycles. The Morgan fingerprint density at radius 2 is 1.81 bits per heavy atom. The number of carbonyl (C=O) groups excluding carboxylic acids is 2. The number of amides is 1. The predicted molar refractivity (Wildman–Crippen MR) is 77.9 cm³/mol. The minimum Gasteiger partial charge on any atom is -0.369 e. The zero-order valence-corrected chi connectivity index (χ0v) is 12.1. The molecular formula is C14H19N3O4. The van der Waals surface area contributed by atoms with E-state index in [-0.39, 0.29) is 30.5 Å². The van der Waals surface area contributed by atoms with E-state index >= 15 is 0 Å². The molecule has 0 atom stereocenters. The second kappa shape index (κ2) is 7.49. The van der Waals surface area contributed by atoms with Gasteiger partial charge in [-0.05, 0) is 18.1 Å². The van der Waals surface area contributed by atoms with Crippen molar-refractivity contribution in [2.75, 3.05) is 19.6 Å². The van der Waals surface area contributed by atoms with Gasteiger partial charge < -0.3 is 5.73 Å². The average molecular weight is 293 g/mol. The number of hydrogen-bond acceptors (Lipinski definition) is 5. The van der Waals surface area contributed by atoms with E-state index in [4.69, 9.17) is 5.73 Å². The summed E-state index contributed by atoms with van der Waals surface area (Å²) < 4.78 is 0. The molecule has 0 unspecified atom stereocenters. The van der Waals surface area contributed by atoms with E-state index in [0.717, 1.165) is 0 Å². The highest BCUT2D eigenvalue weighted by Gasteiger charge is 2.16. The second-order valence-corrected chi connectivity index (χ2v) is 5.26. The Hall–Kier alpha value is -2.28. The normalized spacial score (nSPS) is 10.9. The zero-order chi connectivity index (χ0) is 16.0. The number of carbonyl (C=O) groups is 2. The first-order valence-electron chi connectivity index (χ1n) is 6.58. The van der Waals surface area contributed by atoms with Gasteiger partial charge in [-0.25, -0.2) is 0 Å². The lowest BCUT2D eigenvalue weighted by molar-refractivity contribution is -0.384. The SMILES string of the molecule is CC(C)CN(CC(N)=O)CC(=O)c1ccc([N+](=O)[O-])cc1. The summed E-state index contributed by atoms with van der Waals surface area (Å²) in [4.78, 5) is 34.9. The van der Waals surface area contributed by atoms with Crippen LogP contribution in [0.2, 0.25) is 0 Å². The molecule has 114 valence electrons. The number of nitro benzene ring substituents is 1. The number of non-ortho nitro benzene ring substituents is 1. The van der Waals surface area contributed by atoms with E-state index in [0.29, 0.717) is 12.1 Å². The van der Waals surface area contributed by atoms with Crippen LogP contribution in [0.15, 0.2) is 24.3 Å². The number of ketones is 1. The largest absolute Gasteiger partial charge is 0.369 e. The summed E-state index contributed by atoms with van der Waals surface area (Å²) in [5, 5.41) is 10.6. The lowest BCUT2D eigenvalue weighted by atomic mass is 10.1. The van der Waals surface area contributed by atoms with E-state index in [1.54, 1.807) is 4.90 Å². The molecule has 1 amide bonds. The number of rotatable bonds is 8. The monoisotopic (exact) mass is 293 g/mol. The van der Waals surface area contributed by atoms with Gasteiger partial charge in [0.1, 0.15) is 0 Å². The van der Waals surface area contributed by atoms with Crippen molar-refractivity contribution >= 4 is 17.4 Å². The Morgan fingerprint density at radius 1 is 1.24 bits per heavy atom. The first-order valence-corrected chi connectivity index (χ1v) is 6.58. The lowest BCUT2D eigenvalue weighted by Crippen LogP contribution is -2.39. The minimum absolute atomic E-state index is 0.0108. The van der Waals surface area contributed by atoms with Gasteiger partial charge in [-0.3, -0.25) is 24.6 Å². The molecule has 2 N–H and O–H groups in total. The van der Waals surface area contributed by atoms with Crippen molar-refractivity contribution in [3.63, 3.8) is 0 Å². The van der Waals surface area contributed by atoms with Crippen LogP contribution >= 0.6 is 0 Å². The Balaban J connectivity index is 2.76. The Labute approximate surface area is 122 Å². The molecule has 1 rings (SSSR count). The van der Waals surface area contributed by atoms with Gasteiger partial charge in [0.15, 0.2) is 5.78 Å². The summed E-state index contributed by atoms with van der Waals surface area (Å²) in [6, 6.07) is 5.40. The summed E-state index contributed by atoms with van der Waals surface area (Å²) in [7, 11) is 0. The van der Waals surface area contributed by atoms with Crippen LogP contribution in [0, 0.1) is 16.0 Å². The fourth-order valence-electron chi connectivity index (χ4n) is 1.99. The molecular weight excluding hydrogens is 274 g/mol. The van der Waals surface area contributed by atoms with Gasteiger partial charge in [0.05, 0.1) is 18.0 Å². The van der Waals surface area contributed by atoms with Crippen molar-refractivity contribution in [1.29, 1.82) is 0 Å². The number of nitrogens with two attached hydrogens (primary N) is 1. The molecule has 0 saturated carbocycles. The first-order chi connectivity index (χ1) is 9.79. The maximum Gasteiger partial charge on any atom is 0.269 e. The van der Waals surface area contributed by atoms with Crippen LogP contribution in [0.5, 0.6) is 0 Å². The molecule has 7 nitrogen and oxygen atoms in total. The molecule has 0 aliphatic rings. The molecule has 0 spiro atoms. The summed E-state index contributed by atoms with van der Waals surface area (Å²) in [6.07, 6.45) is 0. The molecule has 0 bridgehead atoms. The van der Waals surface area contributed by atoms with Crippen molar-refractivity contribution in [1.82, 2.24) is 4.90 Å². The van der Waals surface area contributed by atoms with Crippen LogP contribution in [0.4, 0.5) is 5.69 Å². The molecule has 0 heterocycles. The fourth-order valence-corrected chi connectivity index (χ4v) is 1.99. The van der Waals surface area contributed by atoms with Crippen molar-refractivity contribution in [3.8, 4) is 0 Å². The Kier molecular flexibility index (Phi) is 5.98. The summed E-state index contributed by atoms with van der Waals surface area (Å²) in [5.41, 5.74) is 5.48. The van der Waals surface area contributed by atoms with Gasteiger partial charge in [-0.2, -0.15) is 0 Å². The number of benzene rings is 1. The van der Waals surface area contributed by atoms with E-state index in [2.05, 4.69) is 0 Å². The maximum atomic E-state index is 12.1. The fraction of sp³-hybridized carbons (Fsp3) is 0.429. The average Bonchev–Trinajstić information content (AvgIpc) is 2.37. The Morgan fingerprint density at radius 3 is 2.24 bits per heavy atom. The van der Waals surface area contributed by atoms with Crippen molar-refractivity contribution in [2.45, 2.75) is 13.8 Å². The van der Waals surface area contributed by atoms with Crippen LogP contribution in [0.3, 0.4) is 0 Å².